The first-order chi connectivity index (χ1) is 7.83. The van der Waals surface area contributed by atoms with Crippen molar-refractivity contribution in [3.05, 3.63) is 35.4 Å². The SMILES string of the molecule is CC(F)(c1ccccc1C(F)(F)F)C1CCN1. The predicted octanol–water partition coefficient (Wildman–Crippen LogP) is 3.25. The highest BCUT2D eigenvalue weighted by molar-refractivity contribution is 5.36. The van der Waals surface area contributed by atoms with Gasteiger partial charge in [0.05, 0.1) is 5.56 Å². The molecule has 17 heavy (non-hydrogen) atoms. The lowest BCUT2D eigenvalue weighted by atomic mass is 9.82. The van der Waals surface area contributed by atoms with E-state index in [-0.39, 0.29) is 5.56 Å². The van der Waals surface area contributed by atoms with Crippen molar-refractivity contribution in [2.75, 3.05) is 6.54 Å². The number of hydrogen-bond donors (Lipinski definition) is 1. The summed E-state index contributed by atoms with van der Waals surface area (Å²) in [6, 6.07) is 4.30. The lowest BCUT2D eigenvalue weighted by molar-refractivity contribution is -0.140. The van der Waals surface area contributed by atoms with Crippen molar-refractivity contribution in [2.45, 2.75) is 31.2 Å². The van der Waals surface area contributed by atoms with Crippen LogP contribution in [0, 0.1) is 0 Å². The van der Waals surface area contributed by atoms with Crippen LogP contribution in [0.25, 0.3) is 0 Å². The van der Waals surface area contributed by atoms with Gasteiger partial charge in [0.1, 0.15) is 5.67 Å². The second kappa shape index (κ2) is 3.98. The topological polar surface area (TPSA) is 12.0 Å². The molecule has 1 heterocycles. The Kier molecular flexibility index (Phi) is 2.89. The number of nitrogens with one attached hydrogen (secondary N) is 1. The zero-order valence-corrected chi connectivity index (χ0v) is 9.31. The molecule has 0 aliphatic carbocycles. The molecule has 0 saturated carbocycles. The van der Waals surface area contributed by atoms with Gasteiger partial charge < -0.3 is 5.32 Å². The highest BCUT2D eigenvalue weighted by atomic mass is 19.4. The van der Waals surface area contributed by atoms with E-state index in [4.69, 9.17) is 0 Å². The first kappa shape index (κ1) is 12.4. The normalized spacial score (nSPS) is 23.9. The van der Waals surface area contributed by atoms with Gasteiger partial charge in [-0.3, -0.25) is 0 Å². The maximum Gasteiger partial charge on any atom is 0.416 e. The molecule has 1 aliphatic rings. The van der Waals surface area contributed by atoms with Crippen LogP contribution < -0.4 is 5.32 Å². The van der Waals surface area contributed by atoms with Crippen LogP contribution in [0.2, 0.25) is 0 Å². The van der Waals surface area contributed by atoms with E-state index in [9.17, 15) is 17.6 Å². The number of alkyl halides is 4. The van der Waals surface area contributed by atoms with Gasteiger partial charge in [-0.1, -0.05) is 18.2 Å². The van der Waals surface area contributed by atoms with Crippen molar-refractivity contribution in [3.63, 3.8) is 0 Å². The molecule has 1 aromatic carbocycles. The molecule has 1 N–H and O–H groups in total. The molecule has 0 amide bonds. The molecule has 1 fully saturated rings. The van der Waals surface area contributed by atoms with Crippen LogP contribution >= 0.6 is 0 Å². The number of hydrogen-bond acceptors (Lipinski definition) is 1. The summed E-state index contributed by atoms with van der Waals surface area (Å²) in [4.78, 5) is 0. The van der Waals surface area contributed by atoms with E-state index in [2.05, 4.69) is 5.32 Å². The van der Waals surface area contributed by atoms with Gasteiger partial charge in [0, 0.05) is 11.6 Å². The minimum absolute atomic E-state index is 0.287. The third-order valence-corrected chi connectivity index (χ3v) is 3.24. The summed E-state index contributed by atoms with van der Waals surface area (Å²) in [5.41, 5.74) is -3.17. The predicted molar refractivity (Wildman–Crippen MR) is 56.3 cm³/mol. The molecule has 5 heteroatoms. The molecule has 1 aromatic rings. The van der Waals surface area contributed by atoms with E-state index in [0.29, 0.717) is 13.0 Å². The van der Waals surface area contributed by atoms with E-state index < -0.39 is 23.5 Å². The minimum atomic E-state index is -4.52. The Labute approximate surface area is 96.8 Å². The van der Waals surface area contributed by atoms with E-state index in [1.165, 1.54) is 25.1 Å². The smallest absolute Gasteiger partial charge is 0.311 e. The zero-order chi connectivity index (χ0) is 12.7. The second-order valence-corrected chi connectivity index (χ2v) is 4.41. The summed E-state index contributed by atoms with van der Waals surface area (Å²) in [5.74, 6) is 0. The maximum absolute atomic E-state index is 14.5. The Morgan fingerprint density at radius 2 is 1.65 bits per heavy atom. The third-order valence-electron chi connectivity index (χ3n) is 3.24. The van der Waals surface area contributed by atoms with Crippen molar-refractivity contribution in [1.29, 1.82) is 0 Å². The Bertz CT molecular complexity index is 407. The Morgan fingerprint density at radius 3 is 2.06 bits per heavy atom. The molecule has 1 saturated heterocycles. The molecule has 1 aliphatic heterocycles. The fourth-order valence-electron chi connectivity index (χ4n) is 2.10. The molecule has 94 valence electrons. The third kappa shape index (κ3) is 2.16. The summed E-state index contributed by atoms with van der Waals surface area (Å²) in [6.07, 6.45) is -3.97. The largest absolute Gasteiger partial charge is 0.416 e. The monoisotopic (exact) mass is 247 g/mol. The molecular weight excluding hydrogens is 234 g/mol. The molecule has 2 unspecified atom stereocenters. The highest BCUT2D eigenvalue weighted by Gasteiger charge is 2.45. The Balaban J connectivity index is 2.44. The molecule has 2 atom stereocenters. The van der Waals surface area contributed by atoms with Crippen LogP contribution in [0.15, 0.2) is 24.3 Å². The van der Waals surface area contributed by atoms with Gasteiger partial charge in [0.25, 0.3) is 0 Å². The van der Waals surface area contributed by atoms with Gasteiger partial charge >= 0.3 is 6.18 Å². The first-order valence-electron chi connectivity index (χ1n) is 5.42. The molecular formula is C12H13F4N. The van der Waals surface area contributed by atoms with E-state index in [0.717, 1.165) is 6.07 Å². The number of halogens is 4. The molecule has 0 bridgehead atoms. The lowest BCUT2D eigenvalue weighted by Crippen LogP contribution is -2.54. The van der Waals surface area contributed by atoms with Gasteiger partial charge in [-0.05, 0) is 26.0 Å². The average Bonchev–Trinajstić information content (AvgIpc) is 2.13. The van der Waals surface area contributed by atoms with Crippen LogP contribution in [-0.4, -0.2) is 12.6 Å². The van der Waals surface area contributed by atoms with Gasteiger partial charge in [0.2, 0.25) is 0 Å². The molecule has 2 rings (SSSR count). The Morgan fingerprint density at radius 1 is 1.12 bits per heavy atom. The van der Waals surface area contributed by atoms with Crippen molar-refractivity contribution < 1.29 is 17.6 Å². The maximum atomic E-state index is 14.5. The van der Waals surface area contributed by atoms with Crippen LogP contribution in [0.5, 0.6) is 0 Å². The fraction of sp³-hybridized carbons (Fsp3) is 0.500. The summed E-state index contributed by atoms with van der Waals surface area (Å²) in [5, 5.41) is 2.82. The van der Waals surface area contributed by atoms with Crippen LogP contribution in [-0.2, 0) is 11.8 Å². The molecule has 1 nitrogen and oxygen atoms in total. The average molecular weight is 247 g/mol. The molecule has 0 aromatic heterocycles. The summed E-state index contributed by atoms with van der Waals surface area (Å²) in [7, 11) is 0. The van der Waals surface area contributed by atoms with Crippen molar-refractivity contribution in [2.24, 2.45) is 0 Å². The zero-order valence-electron chi connectivity index (χ0n) is 9.31. The standard InChI is InChI=1S/C12H13F4N/c1-11(13,10-6-7-17-10)8-4-2-3-5-9(8)12(14,15)16/h2-5,10,17H,6-7H2,1H3. The van der Waals surface area contributed by atoms with Crippen molar-refractivity contribution in [3.8, 4) is 0 Å². The second-order valence-electron chi connectivity index (χ2n) is 4.41. The summed E-state index contributed by atoms with van der Waals surface area (Å²) in [6.45, 7) is 1.85. The fourth-order valence-corrected chi connectivity index (χ4v) is 2.10. The van der Waals surface area contributed by atoms with Crippen LogP contribution in [0.1, 0.15) is 24.5 Å². The van der Waals surface area contributed by atoms with Gasteiger partial charge in [-0.2, -0.15) is 13.2 Å². The quantitative estimate of drug-likeness (QED) is 0.791. The highest BCUT2D eigenvalue weighted by Crippen LogP contribution is 2.41. The van der Waals surface area contributed by atoms with E-state index in [1.54, 1.807) is 0 Å². The van der Waals surface area contributed by atoms with Crippen molar-refractivity contribution in [1.82, 2.24) is 5.32 Å². The van der Waals surface area contributed by atoms with Gasteiger partial charge in [-0.25, -0.2) is 4.39 Å². The van der Waals surface area contributed by atoms with Crippen molar-refractivity contribution >= 4 is 0 Å². The summed E-state index contributed by atoms with van der Waals surface area (Å²) < 4.78 is 52.8. The van der Waals surface area contributed by atoms with Crippen LogP contribution in [0.4, 0.5) is 17.6 Å². The minimum Gasteiger partial charge on any atom is -0.311 e. The first-order valence-corrected chi connectivity index (χ1v) is 5.42. The lowest BCUT2D eigenvalue weighted by Gasteiger charge is -2.39. The van der Waals surface area contributed by atoms with Crippen LogP contribution in [0.3, 0.4) is 0 Å². The number of benzene rings is 1. The summed E-state index contributed by atoms with van der Waals surface area (Å²) >= 11 is 0. The molecule has 0 spiro atoms. The van der Waals surface area contributed by atoms with Gasteiger partial charge in [0.15, 0.2) is 0 Å². The van der Waals surface area contributed by atoms with Gasteiger partial charge in [-0.15, -0.1) is 0 Å². The number of rotatable bonds is 2. The van der Waals surface area contributed by atoms with E-state index >= 15 is 0 Å². The van der Waals surface area contributed by atoms with E-state index in [1.807, 2.05) is 0 Å². The molecule has 0 radical (unpaired) electrons. The Hall–Kier alpha value is -1.10.